The minimum Gasteiger partial charge on any atom is -0.481 e. The van der Waals surface area contributed by atoms with Crippen molar-refractivity contribution in [2.75, 3.05) is 0 Å². The van der Waals surface area contributed by atoms with Crippen LogP contribution in [0.2, 0.25) is 0 Å². The number of aliphatic carboxylic acids is 2. The average molecular weight is 569 g/mol. The van der Waals surface area contributed by atoms with Crippen LogP contribution in [0, 0.1) is 46.3 Å². The molecule has 0 aromatic heterocycles. The fourth-order valence-corrected chi connectivity index (χ4v) is 10.3. The molecular weight excluding hydrogens is 520 g/mol. The molecule has 0 spiro atoms. The molecular formula is C30H48O10. The maximum atomic E-state index is 11.7. The summed E-state index contributed by atoms with van der Waals surface area (Å²) in [6.07, 6.45) is -1.10. The molecule has 1 heterocycles. The summed E-state index contributed by atoms with van der Waals surface area (Å²) >= 11 is 0. The van der Waals surface area contributed by atoms with Crippen molar-refractivity contribution in [1.82, 2.24) is 0 Å². The second kappa shape index (κ2) is 11.1. The molecule has 0 bridgehead atoms. The van der Waals surface area contributed by atoms with Gasteiger partial charge in [-0.2, -0.15) is 0 Å². The zero-order valence-corrected chi connectivity index (χ0v) is 23.9. The highest BCUT2D eigenvalue weighted by Crippen LogP contribution is 2.68. The van der Waals surface area contributed by atoms with Gasteiger partial charge in [0.2, 0.25) is 0 Å². The molecule has 1 aliphatic heterocycles. The number of ether oxygens (including phenoxy) is 2. The van der Waals surface area contributed by atoms with Crippen LogP contribution in [0.4, 0.5) is 0 Å². The molecule has 0 aromatic carbocycles. The van der Waals surface area contributed by atoms with Gasteiger partial charge in [0.15, 0.2) is 12.4 Å². The maximum Gasteiger partial charge on any atom is 0.335 e. The molecule has 15 atom stereocenters. The van der Waals surface area contributed by atoms with Gasteiger partial charge in [-0.05, 0) is 104 Å². The molecule has 0 aromatic rings. The van der Waals surface area contributed by atoms with E-state index < -0.39 is 54.9 Å². The summed E-state index contributed by atoms with van der Waals surface area (Å²) in [5.41, 5.74) is -0.0122. The molecule has 2 unspecified atom stereocenters. The van der Waals surface area contributed by atoms with Gasteiger partial charge in [0.05, 0.1) is 12.2 Å². The first-order chi connectivity index (χ1) is 18.8. The highest BCUT2D eigenvalue weighted by molar-refractivity contribution is 5.73. The molecule has 5 rings (SSSR count). The Morgan fingerprint density at radius 3 is 2.23 bits per heavy atom. The Labute approximate surface area is 236 Å². The molecule has 5 fully saturated rings. The van der Waals surface area contributed by atoms with Crippen LogP contribution in [0.3, 0.4) is 0 Å². The van der Waals surface area contributed by atoms with Gasteiger partial charge < -0.3 is 40.1 Å². The van der Waals surface area contributed by atoms with E-state index in [2.05, 4.69) is 20.8 Å². The first-order valence-corrected chi connectivity index (χ1v) is 15.3. The normalized spacial score (nSPS) is 51.3. The quantitative estimate of drug-likeness (QED) is 0.250. The van der Waals surface area contributed by atoms with Gasteiger partial charge in [0.1, 0.15) is 18.3 Å². The Morgan fingerprint density at radius 2 is 1.55 bits per heavy atom. The maximum absolute atomic E-state index is 11.7. The van der Waals surface area contributed by atoms with E-state index in [9.17, 15) is 40.2 Å². The summed E-state index contributed by atoms with van der Waals surface area (Å²) in [5.74, 6) is -0.213. The van der Waals surface area contributed by atoms with E-state index in [4.69, 9.17) is 9.47 Å². The van der Waals surface area contributed by atoms with E-state index in [1.165, 1.54) is 0 Å². The molecule has 4 aliphatic carbocycles. The standard InChI is InChI=1S/C30H48O10/c1-14(4-7-22(32)33)17-5-6-18-16-13-21(39-28-25(36)23(34)24(35)26(40-28)27(37)38)20-12-15(31)8-10-30(20,3)19(16)9-11-29(17,18)2/h14-21,23-26,28,31,34-36H,4-13H2,1-3H3,(H,32,33)(H,37,38)/t14-,15-,16+,17-,18+,19+,20?,21+,23+,24+,25-,26+,28?,29-,30-/m1/s1. The lowest BCUT2D eigenvalue weighted by Crippen LogP contribution is -2.63. The number of hydrogen-bond donors (Lipinski definition) is 6. The minimum atomic E-state index is -1.78. The number of carbonyl (C=O) groups is 2. The number of carboxylic acids is 2. The van der Waals surface area contributed by atoms with Gasteiger partial charge in [0, 0.05) is 6.42 Å². The number of fused-ring (bicyclic) bond motifs is 5. The fraction of sp³-hybridized carbons (Fsp3) is 0.933. The number of rotatable bonds is 7. The summed E-state index contributed by atoms with van der Waals surface area (Å²) in [7, 11) is 0. The molecule has 228 valence electrons. The minimum absolute atomic E-state index is 0.0170. The van der Waals surface area contributed by atoms with Crippen molar-refractivity contribution >= 4 is 11.9 Å². The van der Waals surface area contributed by atoms with Crippen molar-refractivity contribution in [2.45, 2.75) is 128 Å². The topological polar surface area (TPSA) is 174 Å². The second-order valence-electron chi connectivity index (χ2n) is 14.2. The summed E-state index contributed by atoms with van der Waals surface area (Å²) < 4.78 is 11.9. The van der Waals surface area contributed by atoms with E-state index >= 15 is 0 Å². The van der Waals surface area contributed by atoms with Gasteiger partial charge in [0.25, 0.3) is 0 Å². The molecule has 10 nitrogen and oxygen atoms in total. The lowest BCUT2D eigenvalue weighted by atomic mass is 9.43. The fourth-order valence-electron chi connectivity index (χ4n) is 10.3. The summed E-state index contributed by atoms with van der Waals surface area (Å²) in [6.45, 7) is 6.89. The molecule has 40 heavy (non-hydrogen) atoms. The Balaban J connectivity index is 1.41. The van der Waals surface area contributed by atoms with Crippen LogP contribution in [0.5, 0.6) is 0 Å². The largest absolute Gasteiger partial charge is 0.481 e. The summed E-state index contributed by atoms with van der Waals surface area (Å²) in [4.78, 5) is 23.0. The molecule has 5 aliphatic rings. The average Bonchev–Trinajstić information content (AvgIpc) is 3.25. The number of carboxylic acid groups (broad SMARTS) is 2. The van der Waals surface area contributed by atoms with Crippen LogP contribution in [0.25, 0.3) is 0 Å². The number of hydrogen-bond acceptors (Lipinski definition) is 8. The van der Waals surface area contributed by atoms with Crippen molar-refractivity contribution < 1.29 is 49.7 Å². The first kappa shape index (κ1) is 30.2. The Morgan fingerprint density at radius 1 is 0.875 bits per heavy atom. The monoisotopic (exact) mass is 568 g/mol. The predicted molar refractivity (Wildman–Crippen MR) is 142 cm³/mol. The van der Waals surface area contributed by atoms with Crippen molar-refractivity contribution in [3.05, 3.63) is 0 Å². The van der Waals surface area contributed by atoms with Crippen molar-refractivity contribution in [3.63, 3.8) is 0 Å². The van der Waals surface area contributed by atoms with Crippen LogP contribution in [-0.4, -0.2) is 85.5 Å². The molecule has 0 amide bonds. The van der Waals surface area contributed by atoms with Crippen LogP contribution < -0.4 is 0 Å². The summed E-state index contributed by atoms with van der Waals surface area (Å²) in [5, 5.41) is 60.7. The van der Waals surface area contributed by atoms with Crippen LogP contribution in [-0.2, 0) is 19.1 Å². The molecule has 6 N–H and O–H groups in total. The van der Waals surface area contributed by atoms with E-state index in [0.29, 0.717) is 55.3 Å². The SMILES string of the molecule is C[C@H](CCC(=O)O)[C@H]1CC[C@H]2[C@@H]3C[C@H](OC4O[C@H](C(=O)O)[C@@H](O)[C@H](O)[C@H]4O)C4C[C@H](O)CC[C@]4(C)[C@H]3CC[C@]12C. The lowest BCUT2D eigenvalue weighted by molar-refractivity contribution is -0.321. The van der Waals surface area contributed by atoms with E-state index in [0.717, 1.165) is 32.1 Å². The highest BCUT2D eigenvalue weighted by Gasteiger charge is 2.63. The Kier molecular flexibility index (Phi) is 8.36. The van der Waals surface area contributed by atoms with Gasteiger partial charge in [-0.3, -0.25) is 4.79 Å². The second-order valence-corrected chi connectivity index (χ2v) is 14.2. The van der Waals surface area contributed by atoms with Crippen molar-refractivity contribution in [1.29, 1.82) is 0 Å². The van der Waals surface area contributed by atoms with E-state index in [1.54, 1.807) is 0 Å². The van der Waals surface area contributed by atoms with Crippen LogP contribution >= 0.6 is 0 Å². The third kappa shape index (κ3) is 5.00. The molecule has 1 saturated heterocycles. The van der Waals surface area contributed by atoms with E-state index in [-0.39, 0.29) is 23.2 Å². The van der Waals surface area contributed by atoms with E-state index in [1.807, 2.05) is 0 Å². The molecule has 0 radical (unpaired) electrons. The van der Waals surface area contributed by atoms with Gasteiger partial charge in [-0.25, -0.2) is 4.79 Å². The third-order valence-corrected chi connectivity index (χ3v) is 12.3. The van der Waals surface area contributed by atoms with Gasteiger partial charge in [-0.1, -0.05) is 20.8 Å². The zero-order valence-electron chi connectivity index (χ0n) is 23.9. The zero-order chi connectivity index (χ0) is 29.1. The highest BCUT2D eigenvalue weighted by atomic mass is 16.7. The molecule has 4 saturated carbocycles. The first-order valence-electron chi connectivity index (χ1n) is 15.3. The molecule has 10 heteroatoms. The van der Waals surface area contributed by atoms with Gasteiger partial charge in [-0.15, -0.1) is 0 Å². The van der Waals surface area contributed by atoms with Gasteiger partial charge >= 0.3 is 11.9 Å². The third-order valence-electron chi connectivity index (χ3n) is 12.3. The lowest BCUT2D eigenvalue weighted by Gasteiger charge is -2.63. The number of aliphatic hydroxyl groups excluding tert-OH is 4. The number of aliphatic hydroxyl groups is 4. The van der Waals surface area contributed by atoms with Crippen LogP contribution in [0.1, 0.15) is 85.0 Å². The summed E-state index contributed by atoms with van der Waals surface area (Å²) in [6, 6.07) is 0. The Bertz CT molecular complexity index is 959. The predicted octanol–water partition coefficient (Wildman–Crippen LogP) is 2.39. The van der Waals surface area contributed by atoms with Crippen molar-refractivity contribution in [3.8, 4) is 0 Å². The van der Waals surface area contributed by atoms with Crippen LogP contribution in [0.15, 0.2) is 0 Å². The smallest absolute Gasteiger partial charge is 0.335 e. The Hall–Kier alpha value is -1.30. The van der Waals surface area contributed by atoms with Crippen molar-refractivity contribution in [2.24, 2.45) is 46.3 Å².